The van der Waals surface area contributed by atoms with Crippen LogP contribution in [0.1, 0.15) is 58.5 Å². The maximum absolute atomic E-state index is 13.4. The Morgan fingerprint density at radius 1 is 1.14 bits per heavy atom. The predicted octanol–water partition coefficient (Wildman–Crippen LogP) is 4.16. The van der Waals surface area contributed by atoms with Crippen LogP contribution in [-0.2, 0) is 17.7 Å². The molecule has 10 heteroatoms. The Balaban J connectivity index is 1.49. The van der Waals surface area contributed by atoms with Gasteiger partial charge in [0.15, 0.2) is 5.82 Å². The summed E-state index contributed by atoms with van der Waals surface area (Å²) in [7, 11) is 0. The van der Waals surface area contributed by atoms with Crippen LogP contribution in [0.5, 0.6) is 0 Å². The van der Waals surface area contributed by atoms with E-state index >= 15 is 0 Å². The van der Waals surface area contributed by atoms with Gasteiger partial charge < -0.3 is 4.74 Å². The van der Waals surface area contributed by atoms with Crippen molar-refractivity contribution in [3.63, 3.8) is 0 Å². The van der Waals surface area contributed by atoms with Crippen molar-refractivity contribution in [3.8, 4) is 17.2 Å². The molecular weight excluding hydrogens is 461 g/mol. The van der Waals surface area contributed by atoms with Crippen LogP contribution in [0.2, 0.25) is 0 Å². The lowest BCUT2D eigenvalue weighted by Gasteiger charge is -2.09. The van der Waals surface area contributed by atoms with Crippen LogP contribution in [0, 0.1) is 32.5 Å². The molecule has 36 heavy (non-hydrogen) atoms. The maximum Gasteiger partial charge on any atom is 0.341 e. The zero-order chi connectivity index (χ0) is 25.4. The van der Waals surface area contributed by atoms with Crippen LogP contribution in [0.3, 0.4) is 0 Å². The summed E-state index contributed by atoms with van der Waals surface area (Å²) in [5, 5.41) is 9.39. The van der Waals surface area contributed by atoms with Gasteiger partial charge in [-0.15, -0.1) is 0 Å². The summed E-state index contributed by atoms with van der Waals surface area (Å²) in [5.74, 6) is 0.420. The Kier molecular flexibility index (Phi) is 6.34. The number of nitrogens with zero attached hydrogens (tertiary/aromatic N) is 7. The topological polar surface area (TPSA) is 101 Å². The van der Waals surface area contributed by atoms with Crippen molar-refractivity contribution in [3.05, 3.63) is 70.4 Å². The second kappa shape index (κ2) is 9.60. The molecule has 0 saturated heterocycles. The number of rotatable bonds is 8. The van der Waals surface area contributed by atoms with Crippen molar-refractivity contribution in [2.45, 2.75) is 53.5 Å². The molecule has 9 nitrogen and oxygen atoms in total. The summed E-state index contributed by atoms with van der Waals surface area (Å²) in [5.41, 5.74) is 5.91. The minimum atomic E-state index is -0.394. The lowest BCUT2D eigenvalue weighted by atomic mass is 10.1. The molecule has 5 rings (SSSR count). The van der Waals surface area contributed by atoms with E-state index in [0.717, 1.165) is 29.2 Å². The highest BCUT2D eigenvalue weighted by atomic mass is 19.1. The van der Waals surface area contributed by atoms with Gasteiger partial charge in [0.1, 0.15) is 23.4 Å². The first-order valence-electron chi connectivity index (χ1n) is 12.1. The lowest BCUT2D eigenvalue weighted by molar-refractivity contribution is 0.0524. The highest BCUT2D eigenvalue weighted by molar-refractivity contribution is 5.92. The number of ether oxygens (including phenoxy) is 1. The average molecular weight is 490 g/mol. The van der Waals surface area contributed by atoms with Gasteiger partial charge in [0.2, 0.25) is 0 Å². The number of hydrogen-bond donors (Lipinski definition) is 0. The minimum absolute atomic E-state index is 0.296. The van der Waals surface area contributed by atoms with E-state index in [1.807, 2.05) is 24.6 Å². The van der Waals surface area contributed by atoms with Gasteiger partial charge in [0, 0.05) is 30.3 Å². The second-order valence-electron chi connectivity index (χ2n) is 9.13. The average Bonchev–Trinajstić information content (AvgIpc) is 3.56. The molecule has 1 fully saturated rings. The second-order valence-corrected chi connectivity index (χ2v) is 9.13. The van der Waals surface area contributed by atoms with E-state index in [1.54, 1.807) is 24.6 Å². The Morgan fingerprint density at radius 3 is 2.64 bits per heavy atom. The van der Waals surface area contributed by atoms with Gasteiger partial charge >= 0.3 is 5.97 Å². The number of pyridine rings is 1. The SMILES string of the molecule is CCOC(=O)c1c(C)nn(-c2cc(Cc3c(C)c(-c4ccc(F)cn4)nn3CC3CC3)ncn2)c1C. The fourth-order valence-electron chi connectivity index (χ4n) is 4.40. The molecule has 0 aromatic carbocycles. The number of hydrogen-bond acceptors (Lipinski definition) is 7. The Bertz CT molecular complexity index is 1420. The quantitative estimate of drug-likeness (QED) is 0.343. The molecular formula is C26H28FN7O2. The maximum atomic E-state index is 13.4. The van der Waals surface area contributed by atoms with E-state index in [-0.39, 0.29) is 5.82 Å². The van der Waals surface area contributed by atoms with Crippen LogP contribution in [-0.4, -0.2) is 47.1 Å². The monoisotopic (exact) mass is 489 g/mol. The summed E-state index contributed by atoms with van der Waals surface area (Å²) in [6.07, 6.45) is 5.64. The summed E-state index contributed by atoms with van der Waals surface area (Å²) in [6.45, 7) is 8.52. The van der Waals surface area contributed by atoms with Gasteiger partial charge in [-0.25, -0.2) is 23.8 Å². The first-order chi connectivity index (χ1) is 17.4. The van der Waals surface area contributed by atoms with Crippen LogP contribution in [0.4, 0.5) is 4.39 Å². The third-order valence-electron chi connectivity index (χ3n) is 6.46. The zero-order valence-electron chi connectivity index (χ0n) is 20.8. The molecule has 1 aliphatic carbocycles. The van der Waals surface area contributed by atoms with Crippen molar-refractivity contribution in [1.29, 1.82) is 0 Å². The number of esters is 1. The molecule has 0 N–H and O–H groups in total. The number of carbonyl (C=O) groups excluding carboxylic acids is 1. The van der Waals surface area contributed by atoms with Gasteiger partial charge in [-0.1, -0.05) is 0 Å². The standard InChI is InChI=1S/C26H28FN7O2/c1-5-36-26(35)24-16(3)31-34(17(24)4)23-11-20(29-14-30-23)10-22-15(2)25(21-9-8-19(27)12-28-21)32-33(22)13-18-6-7-18/h8-9,11-12,14,18H,5-7,10,13H2,1-4H3. The molecule has 186 valence electrons. The molecule has 1 saturated carbocycles. The third kappa shape index (κ3) is 4.62. The third-order valence-corrected chi connectivity index (χ3v) is 6.46. The van der Waals surface area contributed by atoms with Crippen molar-refractivity contribution < 1.29 is 13.9 Å². The van der Waals surface area contributed by atoms with E-state index in [0.29, 0.717) is 47.4 Å². The lowest BCUT2D eigenvalue weighted by Crippen LogP contribution is -2.10. The number of carbonyl (C=O) groups is 1. The van der Waals surface area contributed by atoms with E-state index < -0.39 is 5.97 Å². The zero-order valence-corrected chi connectivity index (χ0v) is 20.8. The normalized spacial score (nSPS) is 13.2. The van der Waals surface area contributed by atoms with Crippen molar-refractivity contribution in [1.82, 2.24) is 34.5 Å². The van der Waals surface area contributed by atoms with Crippen LogP contribution in [0.25, 0.3) is 17.2 Å². The minimum Gasteiger partial charge on any atom is -0.462 e. The van der Waals surface area contributed by atoms with Gasteiger partial charge in [-0.2, -0.15) is 10.2 Å². The van der Waals surface area contributed by atoms with Crippen molar-refractivity contribution in [2.75, 3.05) is 6.61 Å². The molecule has 0 unspecified atom stereocenters. The van der Waals surface area contributed by atoms with Crippen LogP contribution >= 0.6 is 0 Å². The molecule has 0 radical (unpaired) electrons. The molecule has 4 heterocycles. The fraction of sp³-hybridized carbons (Fsp3) is 0.385. The first kappa shape index (κ1) is 23.8. The molecule has 0 amide bonds. The predicted molar refractivity (Wildman–Crippen MR) is 130 cm³/mol. The Morgan fingerprint density at radius 2 is 1.94 bits per heavy atom. The number of aromatic nitrogens is 7. The molecule has 4 aromatic rings. The molecule has 0 aliphatic heterocycles. The molecule has 4 aromatic heterocycles. The Hall–Kier alpha value is -3.95. The summed E-state index contributed by atoms with van der Waals surface area (Å²) >= 11 is 0. The number of halogens is 1. The van der Waals surface area contributed by atoms with Crippen molar-refractivity contribution >= 4 is 5.97 Å². The van der Waals surface area contributed by atoms with Gasteiger partial charge in [-0.3, -0.25) is 9.67 Å². The van der Waals surface area contributed by atoms with Gasteiger partial charge in [-0.05, 0) is 58.6 Å². The largest absolute Gasteiger partial charge is 0.462 e. The molecule has 1 aliphatic rings. The first-order valence-corrected chi connectivity index (χ1v) is 12.1. The number of aryl methyl sites for hydroxylation is 1. The molecule has 0 bridgehead atoms. The van der Waals surface area contributed by atoms with Gasteiger partial charge in [0.25, 0.3) is 0 Å². The van der Waals surface area contributed by atoms with Crippen molar-refractivity contribution in [2.24, 2.45) is 5.92 Å². The molecule has 0 spiro atoms. The summed E-state index contributed by atoms with van der Waals surface area (Å²) < 4.78 is 22.3. The molecule has 0 atom stereocenters. The fourth-order valence-corrected chi connectivity index (χ4v) is 4.40. The van der Waals surface area contributed by atoms with Crippen LogP contribution in [0.15, 0.2) is 30.7 Å². The van der Waals surface area contributed by atoms with Gasteiger partial charge in [0.05, 0.1) is 35.6 Å². The van der Waals surface area contributed by atoms with E-state index in [9.17, 15) is 9.18 Å². The summed E-state index contributed by atoms with van der Waals surface area (Å²) in [4.78, 5) is 25.6. The van der Waals surface area contributed by atoms with E-state index in [2.05, 4.69) is 20.1 Å². The highest BCUT2D eigenvalue weighted by Crippen LogP contribution is 2.33. The van der Waals surface area contributed by atoms with E-state index in [4.69, 9.17) is 9.84 Å². The Labute approximate surface area is 208 Å². The van der Waals surface area contributed by atoms with Crippen LogP contribution < -0.4 is 0 Å². The summed E-state index contributed by atoms with van der Waals surface area (Å²) in [6, 6.07) is 4.93. The highest BCUT2D eigenvalue weighted by Gasteiger charge is 2.26. The smallest absolute Gasteiger partial charge is 0.341 e. The van der Waals surface area contributed by atoms with E-state index in [1.165, 1.54) is 31.4 Å².